The Labute approximate surface area is 122 Å². The van der Waals surface area contributed by atoms with Gasteiger partial charge in [0.15, 0.2) is 5.65 Å². The molecule has 2 aromatic rings. The number of aryl methyl sites for hydroxylation is 1. The predicted molar refractivity (Wildman–Crippen MR) is 78.2 cm³/mol. The zero-order valence-electron chi connectivity index (χ0n) is 12.0. The third kappa shape index (κ3) is 2.72. The molecule has 0 bridgehead atoms. The highest BCUT2D eigenvalue weighted by molar-refractivity contribution is 5.83. The Morgan fingerprint density at radius 1 is 1.48 bits per heavy atom. The van der Waals surface area contributed by atoms with Crippen LogP contribution in [-0.2, 0) is 4.79 Å². The fourth-order valence-corrected chi connectivity index (χ4v) is 2.66. The zero-order chi connectivity index (χ0) is 15.0. The normalized spacial score (nSPS) is 18.2. The number of nitrogens with one attached hydrogen (secondary N) is 1. The fraction of sp³-hybridized carbons (Fsp3) is 0.429. The average molecular weight is 287 g/mol. The lowest BCUT2D eigenvalue weighted by Crippen LogP contribution is -2.35. The van der Waals surface area contributed by atoms with Crippen LogP contribution in [0.5, 0.6) is 5.88 Å². The van der Waals surface area contributed by atoms with Crippen LogP contribution in [-0.4, -0.2) is 45.1 Å². The number of pyridine rings is 1. The molecule has 2 N–H and O–H groups in total. The van der Waals surface area contributed by atoms with E-state index in [0.717, 1.165) is 25.2 Å². The van der Waals surface area contributed by atoms with Gasteiger partial charge in [0.05, 0.1) is 17.3 Å². The number of hydrogen-bond donors (Lipinski definition) is 2. The quantitative estimate of drug-likeness (QED) is 0.847. The van der Waals surface area contributed by atoms with Gasteiger partial charge in [0, 0.05) is 26.1 Å². The molecule has 3 rings (SSSR count). The minimum atomic E-state index is -0.0514. The molecule has 110 valence electrons. The highest BCUT2D eigenvalue weighted by atomic mass is 16.3. The predicted octanol–water partition coefficient (Wildman–Crippen LogP) is 0.754. The summed E-state index contributed by atoms with van der Waals surface area (Å²) in [4.78, 5) is 25.7. The minimum absolute atomic E-state index is 0.0139. The van der Waals surface area contributed by atoms with Crippen LogP contribution in [0.1, 0.15) is 19.2 Å². The second-order valence-electron chi connectivity index (χ2n) is 5.29. The Kier molecular flexibility index (Phi) is 3.32. The van der Waals surface area contributed by atoms with E-state index in [1.54, 1.807) is 13.1 Å². The fourth-order valence-electron chi connectivity index (χ4n) is 2.66. The van der Waals surface area contributed by atoms with Gasteiger partial charge in [-0.2, -0.15) is 4.98 Å². The van der Waals surface area contributed by atoms with E-state index in [1.165, 1.54) is 6.92 Å². The van der Waals surface area contributed by atoms with E-state index in [-0.39, 0.29) is 17.8 Å². The Morgan fingerprint density at radius 2 is 2.29 bits per heavy atom. The van der Waals surface area contributed by atoms with Crippen molar-refractivity contribution in [3.8, 4) is 5.88 Å². The van der Waals surface area contributed by atoms with Crippen LogP contribution in [0.25, 0.3) is 11.0 Å². The van der Waals surface area contributed by atoms with Crippen LogP contribution >= 0.6 is 0 Å². The molecule has 1 amide bonds. The molecule has 1 atom stereocenters. The first-order valence-electron chi connectivity index (χ1n) is 6.88. The van der Waals surface area contributed by atoms with Gasteiger partial charge in [-0.3, -0.25) is 4.79 Å². The molecule has 0 radical (unpaired) electrons. The molecule has 3 heterocycles. The molecule has 21 heavy (non-hydrogen) atoms. The van der Waals surface area contributed by atoms with E-state index >= 15 is 0 Å². The molecular weight excluding hydrogens is 270 g/mol. The number of amides is 1. The number of hydrogen-bond acceptors (Lipinski definition) is 6. The maximum absolute atomic E-state index is 11.1. The SMILES string of the molecule is CC(=O)NC1CCN(c2cnc3nc(C)nc(O)c3c2)C1. The zero-order valence-corrected chi connectivity index (χ0v) is 12.0. The number of aromatic hydroxyl groups is 1. The summed E-state index contributed by atoms with van der Waals surface area (Å²) in [6.07, 6.45) is 2.64. The molecular formula is C14H17N5O2. The van der Waals surface area contributed by atoms with Crippen LogP contribution in [0, 0.1) is 6.92 Å². The first-order chi connectivity index (χ1) is 10.0. The van der Waals surface area contributed by atoms with Crippen molar-refractivity contribution in [2.24, 2.45) is 0 Å². The van der Waals surface area contributed by atoms with Gasteiger partial charge in [-0.15, -0.1) is 0 Å². The Morgan fingerprint density at radius 3 is 3.05 bits per heavy atom. The Hall–Kier alpha value is -2.44. The topological polar surface area (TPSA) is 91.2 Å². The summed E-state index contributed by atoms with van der Waals surface area (Å²) in [6, 6.07) is 1.99. The van der Waals surface area contributed by atoms with Gasteiger partial charge in [0.25, 0.3) is 0 Å². The lowest BCUT2D eigenvalue weighted by molar-refractivity contribution is -0.119. The summed E-state index contributed by atoms with van der Waals surface area (Å²) in [7, 11) is 0. The maximum atomic E-state index is 11.1. The molecule has 1 aliphatic heterocycles. The van der Waals surface area contributed by atoms with Crippen LogP contribution in [0.4, 0.5) is 5.69 Å². The summed E-state index contributed by atoms with van der Waals surface area (Å²) in [6.45, 7) is 4.82. The number of carbonyl (C=O) groups excluding carboxylic acids is 1. The van der Waals surface area contributed by atoms with Gasteiger partial charge in [-0.1, -0.05) is 0 Å². The molecule has 0 spiro atoms. The molecule has 0 saturated carbocycles. The molecule has 0 aliphatic carbocycles. The van der Waals surface area contributed by atoms with E-state index in [2.05, 4.69) is 25.2 Å². The molecule has 1 aliphatic rings. The minimum Gasteiger partial charge on any atom is -0.493 e. The molecule has 1 unspecified atom stereocenters. The van der Waals surface area contributed by atoms with E-state index < -0.39 is 0 Å². The molecule has 7 nitrogen and oxygen atoms in total. The van der Waals surface area contributed by atoms with Crippen molar-refractivity contribution in [3.05, 3.63) is 18.1 Å². The summed E-state index contributed by atoms with van der Waals surface area (Å²) in [5.74, 6) is 0.427. The smallest absolute Gasteiger partial charge is 0.223 e. The van der Waals surface area contributed by atoms with Crippen molar-refractivity contribution in [3.63, 3.8) is 0 Å². The summed E-state index contributed by atoms with van der Waals surface area (Å²) < 4.78 is 0. The molecule has 2 aromatic heterocycles. The summed E-state index contributed by atoms with van der Waals surface area (Å²) >= 11 is 0. The summed E-state index contributed by atoms with van der Waals surface area (Å²) in [5, 5.41) is 13.4. The number of anilines is 1. The highest BCUT2D eigenvalue weighted by Crippen LogP contribution is 2.26. The summed E-state index contributed by atoms with van der Waals surface area (Å²) in [5.41, 5.74) is 1.39. The van der Waals surface area contributed by atoms with Crippen molar-refractivity contribution in [2.75, 3.05) is 18.0 Å². The number of rotatable bonds is 2. The molecule has 0 aromatic carbocycles. The van der Waals surface area contributed by atoms with E-state index in [1.807, 2.05) is 6.07 Å². The molecule has 7 heteroatoms. The largest absolute Gasteiger partial charge is 0.493 e. The standard InChI is InChI=1S/C14H17N5O2/c1-8-16-13-12(14(21)17-8)5-11(6-15-13)19-4-3-10(7-19)18-9(2)20/h5-6,10H,3-4,7H2,1-2H3,(H,18,20)(H,15,16,17,21). The van der Waals surface area contributed by atoms with Gasteiger partial charge in [-0.25, -0.2) is 9.97 Å². The van der Waals surface area contributed by atoms with Crippen molar-refractivity contribution >= 4 is 22.6 Å². The van der Waals surface area contributed by atoms with Crippen molar-refractivity contribution in [1.29, 1.82) is 0 Å². The third-order valence-electron chi connectivity index (χ3n) is 3.59. The van der Waals surface area contributed by atoms with Crippen LogP contribution in [0.15, 0.2) is 12.3 Å². The van der Waals surface area contributed by atoms with Gasteiger partial charge in [0.1, 0.15) is 5.82 Å². The van der Waals surface area contributed by atoms with Crippen LogP contribution in [0.3, 0.4) is 0 Å². The maximum Gasteiger partial charge on any atom is 0.223 e. The van der Waals surface area contributed by atoms with Gasteiger partial charge < -0.3 is 15.3 Å². The van der Waals surface area contributed by atoms with Gasteiger partial charge >= 0.3 is 0 Å². The lowest BCUT2D eigenvalue weighted by Gasteiger charge is -2.18. The second-order valence-corrected chi connectivity index (χ2v) is 5.29. The van der Waals surface area contributed by atoms with E-state index in [4.69, 9.17) is 0 Å². The van der Waals surface area contributed by atoms with Gasteiger partial charge in [0.2, 0.25) is 11.8 Å². The van der Waals surface area contributed by atoms with Crippen molar-refractivity contribution < 1.29 is 9.90 Å². The third-order valence-corrected chi connectivity index (χ3v) is 3.59. The van der Waals surface area contributed by atoms with Crippen LogP contribution < -0.4 is 10.2 Å². The van der Waals surface area contributed by atoms with Gasteiger partial charge in [-0.05, 0) is 19.4 Å². The van der Waals surface area contributed by atoms with E-state index in [9.17, 15) is 9.90 Å². The monoisotopic (exact) mass is 287 g/mol. The van der Waals surface area contributed by atoms with Crippen molar-refractivity contribution in [2.45, 2.75) is 26.3 Å². The first-order valence-corrected chi connectivity index (χ1v) is 6.88. The van der Waals surface area contributed by atoms with Crippen molar-refractivity contribution in [1.82, 2.24) is 20.3 Å². The Balaban J connectivity index is 1.87. The lowest BCUT2D eigenvalue weighted by atomic mass is 10.2. The number of carbonyl (C=O) groups is 1. The average Bonchev–Trinajstić information content (AvgIpc) is 2.86. The first kappa shape index (κ1) is 13.5. The van der Waals surface area contributed by atoms with E-state index in [0.29, 0.717) is 16.9 Å². The number of aromatic nitrogens is 3. The second kappa shape index (κ2) is 5.16. The van der Waals surface area contributed by atoms with Crippen LogP contribution in [0.2, 0.25) is 0 Å². The highest BCUT2D eigenvalue weighted by Gasteiger charge is 2.24. The number of fused-ring (bicyclic) bond motifs is 1. The molecule has 1 fully saturated rings. The Bertz CT molecular complexity index is 703. The molecule has 1 saturated heterocycles. The number of nitrogens with zero attached hydrogens (tertiary/aromatic N) is 4.